The largest absolute Gasteiger partial charge is 0.494 e. The third kappa shape index (κ3) is 4.71. The Morgan fingerprint density at radius 1 is 1.15 bits per heavy atom. The van der Waals surface area contributed by atoms with E-state index >= 15 is 0 Å². The van der Waals surface area contributed by atoms with Crippen LogP contribution in [0.25, 0.3) is 6.08 Å². The Labute approximate surface area is 205 Å². The Balaban J connectivity index is 1.62. The van der Waals surface area contributed by atoms with Crippen molar-refractivity contribution in [3.8, 4) is 5.75 Å². The minimum absolute atomic E-state index is 0.0354. The number of carbonyl (C=O) groups excluding carboxylic acids is 1. The number of rotatable bonds is 6. The Kier molecular flexibility index (Phi) is 7.28. The van der Waals surface area contributed by atoms with Gasteiger partial charge in [0, 0.05) is 18.8 Å². The number of carbonyl (C=O) groups is 1. The molecular weight excluding hydrogens is 424 g/mol. The molecule has 3 fully saturated rings. The SMILES string of the molecule is C=C1CCC2C(OC(C)=O)C([C@@]3(C)CC[C@H](O)C[C@@H]3/C=C/c3ccc(OCC)cc3)CC[C@]12C. The summed E-state index contributed by atoms with van der Waals surface area (Å²) in [6.45, 7) is 13.3. The zero-order valence-corrected chi connectivity index (χ0v) is 21.4. The van der Waals surface area contributed by atoms with Crippen LogP contribution in [0.3, 0.4) is 0 Å². The van der Waals surface area contributed by atoms with Gasteiger partial charge >= 0.3 is 5.97 Å². The second kappa shape index (κ2) is 9.89. The van der Waals surface area contributed by atoms with Crippen molar-refractivity contribution in [2.75, 3.05) is 6.61 Å². The monoisotopic (exact) mass is 466 g/mol. The van der Waals surface area contributed by atoms with Gasteiger partial charge in [0.15, 0.2) is 0 Å². The Hall–Kier alpha value is -2.07. The number of aliphatic hydroxyl groups excluding tert-OH is 1. The first kappa shape index (κ1) is 25.0. The summed E-state index contributed by atoms with van der Waals surface area (Å²) >= 11 is 0. The number of esters is 1. The van der Waals surface area contributed by atoms with Gasteiger partial charge in [-0.1, -0.05) is 50.3 Å². The zero-order chi connectivity index (χ0) is 24.5. The second-order valence-corrected chi connectivity index (χ2v) is 11.3. The summed E-state index contributed by atoms with van der Waals surface area (Å²) in [5.74, 6) is 1.53. The minimum Gasteiger partial charge on any atom is -0.494 e. The second-order valence-electron chi connectivity index (χ2n) is 11.3. The summed E-state index contributed by atoms with van der Waals surface area (Å²) in [5, 5.41) is 10.6. The number of allylic oxidation sites excluding steroid dienone is 2. The number of aliphatic hydroxyl groups is 1. The van der Waals surface area contributed by atoms with Gasteiger partial charge in [0.2, 0.25) is 0 Å². The van der Waals surface area contributed by atoms with Crippen LogP contribution < -0.4 is 4.74 Å². The molecular formula is C30H42O4. The molecule has 0 aromatic heterocycles. The number of hydrogen-bond donors (Lipinski definition) is 1. The summed E-state index contributed by atoms with van der Waals surface area (Å²) in [4.78, 5) is 12.2. The van der Waals surface area contributed by atoms with Gasteiger partial charge in [-0.25, -0.2) is 0 Å². The minimum atomic E-state index is -0.282. The maximum Gasteiger partial charge on any atom is 0.302 e. The highest BCUT2D eigenvalue weighted by Crippen LogP contribution is 2.62. The number of hydrogen-bond acceptors (Lipinski definition) is 4. The van der Waals surface area contributed by atoms with E-state index in [0.29, 0.717) is 12.5 Å². The Morgan fingerprint density at radius 2 is 1.88 bits per heavy atom. The third-order valence-corrected chi connectivity index (χ3v) is 9.40. The van der Waals surface area contributed by atoms with Gasteiger partial charge in [0.05, 0.1) is 12.7 Å². The highest BCUT2D eigenvalue weighted by atomic mass is 16.5. The molecule has 0 bridgehead atoms. The number of ether oxygens (including phenoxy) is 2. The van der Waals surface area contributed by atoms with Crippen LogP contribution in [0.1, 0.15) is 78.2 Å². The fourth-order valence-electron chi connectivity index (χ4n) is 7.22. The van der Waals surface area contributed by atoms with Crippen LogP contribution in [0.2, 0.25) is 0 Å². The smallest absolute Gasteiger partial charge is 0.302 e. The van der Waals surface area contributed by atoms with Gasteiger partial charge in [-0.15, -0.1) is 0 Å². The molecule has 0 heterocycles. The van der Waals surface area contributed by atoms with Crippen LogP contribution in [0.4, 0.5) is 0 Å². The van der Waals surface area contributed by atoms with E-state index in [0.717, 1.165) is 56.3 Å². The van der Waals surface area contributed by atoms with Gasteiger partial charge in [-0.2, -0.15) is 0 Å². The van der Waals surface area contributed by atoms with E-state index in [-0.39, 0.29) is 40.8 Å². The van der Waals surface area contributed by atoms with E-state index < -0.39 is 0 Å². The molecule has 4 nitrogen and oxygen atoms in total. The molecule has 7 atom stereocenters. The molecule has 4 rings (SSSR count). The van der Waals surface area contributed by atoms with E-state index in [9.17, 15) is 9.90 Å². The van der Waals surface area contributed by atoms with Crippen molar-refractivity contribution in [3.63, 3.8) is 0 Å². The van der Waals surface area contributed by atoms with E-state index in [1.807, 2.05) is 19.1 Å². The lowest BCUT2D eigenvalue weighted by molar-refractivity contribution is -0.171. The number of fused-ring (bicyclic) bond motifs is 1. The van der Waals surface area contributed by atoms with Crippen molar-refractivity contribution in [1.29, 1.82) is 0 Å². The lowest BCUT2D eigenvalue weighted by Crippen LogP contribution is -2.53. The normalized spacial score (nSPS) is 38.0. The lowest BCUT2D eigenvalue weighted by Gasteiger charge is -2.55. The molecule has 0 spiro atoms. The molecule has 186 valence electrons. The molecule has 3 aliphatic carbocycles. The molecule has 1 aromatic carbocycles. The average molecular weight is 467 g/mol. The van der Waals surface area contributed by atoms with Crippen molar-refractivity contribution in [2.24, 2.45) is 28.6 Å². The summed E-state index contributed by atoms with van der Waals surface area (Å²) in [6, 6.07) is 8.17. The molecule has 1 aromatic rings. The molecule has 0 aliphatic heterocycles. The van der Waals surface area contributed by atoms with E-state index in [1.54, 1.807) is 6.92 Å². The first-order valence-corrected chi connectivity index (χ1v) is 13.1. The van der Waals surface area contributed by atoms with Crippen molar-refractivity contribution >= 4 is 12.0 Å². The summed E-state index contributed by atoms with van der Waals surface area (Å²) in [7, 11) is 0. The summed E-state index contributed by atoms with van der Waals surface area (Å²) in [6.07, 6.45) is 10.8. The van der Waals surface area contributed by atoms with Gasteiger partial charge < -0.3 is 14.6 Å². The van der Waals surface area contributed by atoms with Crippen LogP contribution in [-0.2, 0) is 9.53 Å². The lowest BCUT2D eigenvalue weighted by atomic mass is 9.51. The Morgan fingerprint density at radius 3 is 2.56 bits per heavy atom. The van der Waals surface area contributed by atoms with Gasteiger partial charge in [0.1, 0.15) is 11.9 Å². The average Bonchev–Trinajstić information content (AvgIpc) is 3.10. The Bertz CT molecular complexity index is 918. The standard InChI is InChI=1S/C30H42O4/c1-6-33-25-12-9-22(10-13-25)8-11-23-19-24(32)15-17-30(23,5)27-16-18-29(4)20(2)7-14-26(29)28(27)34-21(3)31/h8-13,23-24,26-28,32H,2,6-7,14-19H2,1,3-5H3/b11-8+/t23-,24-,26?,27?,28?,29+,30-/m0/s1. The van der Waals surface area contributed by atoms with Crippen LogP contribution in [-0.4, -0.2) is 29.9 Å². The van der Waals surface area contributed by atoms with Crippen molar-refractivity contribution in [2.45, 2.75) is 84.8 Å². The maximum absolute atomic E-state index is 12.2. The topological polar surface area (TPSA) is 55.8 Å². The molecule has 4 heteroatoms. The summed E-state index contributed by atoms with van der Waals surface area (Å²) in [5.41, 5.74) is 2.48. The fourth-order valence-corrected chi connectivity index (χ4v) is 7.22. The molecule has 0 radical (unpaired) electrons. The number of benzene rings is 1. The van der Waals surface area contributed by atoms with E-state index in [4.69, 9.17) is 9.47 Å². The zero-order valence-electron chi connectivity index (χ0n) is 21.4. The highest BCUT2D eigenvalue weighted by molar-refractivity contribution is 5.66. The quantitative estimate of drug-likeness (QED) is 0.380. The van der Waals surface area contributed by atoms with Gasteiger partial charge in [0.25, 0.3) is 0 Å². The molecule has 3 unspecified atom stereocenters. The van der Waals surface area contributed by atoms with E-state index in [2.05, 4.69) is 44.7 Å². The van der Waals surface area contributed by atoms with Crippen LogP contribution in [0.15, 0.2) is 42.5 Å². The molecule has 3 saturated carbocycles. The van der Waals surface area contributed by atoms with Crippen molar-refractivity contribution in [3.05, 3.63) is 48.1 Å². The predicted molar refractivity (Wildman–Crippen MR) is 136 cm³/mol. The highest BCUT2D eigenvalue weighted by Gasteiger charge is 2.58. The molecule has 3 aliphatic rings. The van der Waals surface area contributed by atoms with Gasteiger partial charge in [-0.3, -0.25) is 4.79 Å². The fraction of sp³-hybridized carbons (Fsp3) is 0.633. The van der Waals surface area contributed by atoms with Crippen LogP contribution in [0, 0.1) is 28.6 Å². The first-order valence-electron chi connectivity index (χ1n) is 13.1. The van der Waals surface area contributed by atoms with Gasteiger partial charge in [-0.05, 0) is 86.3 Å². The molecule has 0 saturated heterocycles. The molecule has 34 heavy (non-hydrogen) atoms. The first-order chi connectivity index (χ1) is 16.2. The predicted octanol–water partition coefficient (Wildman–Crippen LogP) is 6.58. The van der Waals surface area contributed by atoms with Crippen molar-refractivity contribution in [1.82, 2.24) is 0 Å². The molecule has 1 N–H and O–H groups in total. The van der Waals surface area contributed by atoms with Crippen LogP contribution in [0.5, 0.6) is 5.75 Å². The van der Waals surface area contributed by atoms with Crippen LogP contribution >= 0.6 is 0 Å². The molecule has 0 amide bonds. The maximum atomic E-state index is 12.2. The third-order valence-electron chi connectivity index (χ3n) is 9.40. The van der Waals surface area contributed by atoms with Crippen molar-refractivity contribution < 1.29 is 19.4 Å². The van der Waals surface area contributed by atoms with E-state index in [1.165, 1.54) is 5.57 Å². The summed E-state index contributed by atoms with van der Waals surface area (Å²) < 4.78 is 11.7.